The van der Waals surface area contributed by atoms with E-state index in [1.807, 2.05) is 19.9 Å². The van der Waals surface area contributed by atoms with Crippen molar-refractivity contribution < 1.29 is 41.6 Å². The largest absolute Gasteiger partial charge is 0.456 e. The summed E-state index contributed by atoms with van der Waals surface area (Å²) in [5.41, 5.74) is -3.43. The molecule has 1 aliphatic heterocycles. The zero-order valence-corrected chi connectivity index (χ0v) is 26.3. The van der Waals surface area contributed by atoms with Gasteiger partial charge in [0, 0.05) is 41.2 Å². The highest BCUT2D eigenvalue weighted by Crippen LogP contribution is 2.71. The van der Waals surface area contributed by atoms with Gasteiger partial charge in [0.2, 0.25) is 0 Å². The molecule has 6 atom stereocenters. The van der Waals surface area contributed by atoms with Gasteiger partial charge in [-0.3, -0.25) is 0 Å². The molecule has 6 rings (SSSR count). The first kappa shape index (κ1) is 33.2. The van der Waals surface area contributed by atoms with Crippen molar-refractivity contribution in [3.63, 3.8) is 0 Å². The van der Waals surface area contributed by atoms with Gasteiger partial charge in [-0.1, -0.05) is 50.3 Å². The van der Waals surface area contributed by atoms with Gasteiger partial charge in [-0.2, -0.15) is 27.2 Å². The van der Waals surface area contributed by atoms with Gasteiger partial charge in [0.1, 0.15) is 5.60 Å². The first-order chi connectivity index (χ1) is 21.4. The molecule has 1 spiro atoms. The topological polar surface area (TPSA) is 82.7 Å². The van der Waals surface area contributed by atoms with Crippen molar-refractivity contribution in [1.29, 1.82) is 5.26 Å². The molecule has 0 amide bonds. The van der Waals surface area contributed by atoms with E-state index >= 15 is 8.78 Å². The number of hydrogen-bond acceptors (Lipinski definition) is 5. The molecule has 248 valence electrons. The number of alkyl halides is 5. The van der Waals surface area contributed by atoms with E-state index in [-0.39, 0.29) is 30.6 Å². The summed E-state index contributed by atoms with van der Waals surface area (Å²) in [5.74, 6) is -2.18. The molecule has 46 heavy (non-hydrogen) atoms. The fourth-order valence-electron chi connectivity index (χ4n) is 9.31. The van der Waals surface area contributed by atoms with Crippen molar-refractivity contribution in [3.8, 4) is 17.9 Å². The van der Waals surface area contributed by atoms with Gasteiger partial charge in [-0.25, -0.2) is 0 Å². The molecule has 1 saturated heterocycles. The average molecular weight is 646 g/mol. The van der Waals surface area contributed by atoms with E-state index in [0.29, 0.717) is 50.0 Å². The zero-order valence-electron chi connectivity index (χ0n) is 26.3. The van der Waals surface area contributed by atoms with E-state index in [0.717, 1.165) is 11.1 Å². The molecular formula is C36H40F5NO4. The van der Waals surface area contributed by atoms with Crippen LogP contribution in [0.15, 0.2) is 47.6 Å². The number of allylic oxidation sites excluding steroid dienone is 3. The molecule has 5 aliphatic rings. The smallest absolute Gasteiger partial charge is 0.385 e. The second-order valence-electron chi connectivity index (χ2n) is 15.0. The van der Waals surface area contributed by atoms with Gasteiger partial charge in [-0.15, -0.1) is 0 Å². The van der Waals surface area contributed by atoms with E-state index < -0.39 is 52.8 Å². The van der Waals surface area contributed by atoms with Crippen LogP contribution in [0.5, 0.6) is 0 Å². The standard InChI is InChI=1S/C36H40F5NO4/c1-30(2)21-45-33(46-22-30)16-13-28-29-25(12-15-32(28,43)20-33)27-14-17-34(44,35(37,38)36(39,40)41)31(27,3)19-26(29)24-10-8-23(9-11-24)7-5-4-6-18-42/h4,6,8-11,25-27,43-44H,12-17,19-22H2,1-3H3/t25-,26+,27-,31-,32+,34-/m0/s1. The van der Waals surface area contributed by atoms with Gasteiger partial charge < -0.3 is 19.7 Å². The summed E-state index contributed by atoms with van der Waals surface area (Å²) in [6, 6.07) is 8.94. The van der Waals surface area contributed by atoms with Crippen molar-refractivity contribution in [3.05, 3.63) is 58.7 Å². The van der Waals surface area contributed by atoms with Crippen molar-refractivity contribution in [1.82, 2.24) is 0 Å². The molecule has 4 aliphatic carbocycles. The van der Waals surface area contributed by atoms with Crippen LogP contribution in [0.25, 0.3) is 0 Å². The third-order valence-electron chi connectivity index (χ3n) is 11.7. The number of nitrogens with zero attached hydrogens (tertiary/aromatic N) is 1. The second kappa shape index (κ2) is 10.9. The molecule has 1 heterocycles. The summed E-state index contributed by atoms with van der Waals surface area (Å²) in [5, 5.41) is 32.5. The maximum Gasteiger partial charge on any atom is 0.456 e. The van der Waals surface area contributed by atoms with E-state index in [4.69, 9.17) is 14.7 Å². The van der Waals surface area contributed by atoms with Gasteiger partial charge in [0.05, 0.1) is 24.9 Å². The minimum Gasteiger partial charge on any atom is -0.385 e. The Morgan fingerprint density at radius 2 is 1.61 bits per heavy atom. The van der Waals surface area contributed by atoms with Crippen LogP contribution in [0, 0.1) is 45.8 Å². The summed E-state index contributed by atoms with van der Waals surface area (Å²) < 4.78 is 84.8. The molecule has 0 radical (unpaired) electrons. The zero-order chi connectivity index (χ0) is 33.4. The van der Waals surface area contributed by atoms with Crippen molar-refractivity contribution >= 4 is 0 Å². The summed E-state index contributed by atoms with van der Waals surface area (Å²) in [4.78, 5) is 0. The molecule has 3 saturated carbocycles. The molecule has 1 aromatic carbocycles. The average Bonchev–Trinajstić information content (AvgIpc) is 3.27. The van der Waals surface area contributed by atoms with Crippen molar-refractivity contribution in [2.24, 2.45) is 22.7 Å². The molecular weight excluding hydrogens is 605 g/mol. The minimum atomic E-state index is -5.91. The number of hydrogen-bond donors (Lipinski definition) is 2. The maximum atomic E-state index is 15.3. The predicted molar refractivity (Wildman–Crippen MR) is 159 cm³/mol. The van der Waals surface area contributed by atoms with E-state index in [9.17, 15) is 23.4 Å². The van der Waals surface area contributed by atoms with Crippen molar-refractivity contribution in [2.45, 2.75) is 107 Å². The molecule has 1 aromatic rings. The number of aliphatic hydroxyl groups is 2. The van der Waals surface area contributed by atoms with Crippen LogP contribution in [-0.2, 0) is 9.47 Å². The van der Waals surface area contributed by atoms with Crippen LogP contribution in [0.4, 0.5) is 22.0 Å². The molecule has 5 nitrogen and oxygen atoms in total. The SMILES string of the molecule is CC1(C)COC2(CCC3=C4[C@@H](CC[C@@]3(O)C2)[C@@H]2CC[C@@](O)(C(F)(F)C(F)(F)F)[C@@]2(C)C[C@@H]4c2ccc(C#CC=CC#N)cc2)OC1. The third kappa shape index (κ3) is 5.03. The van der Waals surface area contributed by atoms with E-state index in [1.54, 1.807) is 24.3 Å². The predicted octanol–water partition coefficient (Wildman–Crippen LogP) is 7.34. The molecule has 0 bridgehead atoms. The highest BCUT2D eigenvalue weighted by molar-refractivity contribution is 5.46. The van der Waals surface area contributed by atoms with Crippen LogP contribution in [0.3, 0.4) is 0 Å². The van der Waals surface area contributed by atoms with Crippen LogP contribution in [-0.4, -0.2) is 52.5 Å². The summed E-state index contributed by atoms with van der Waals surface area (Å²) >= 11 is 0. The Morgan fingerprint density at radius 3 is 2.24 bits per heavy atom. The summed E-state index contributed by atoms with van der Waals surface area (Å²) in [6.45, 7) is 6.46. The quantitative estimate of drug-likeness (QED) is 0.152. The normalized spacial score (nSPS) is 36.8. The number of rotatable bonds is 2. The van der Waals surface area contributed by atoms with Crippen LogP contribution < -0.4 is 0 Å². The van der Waals surface area contributed by atoms with Crippen LogP contribution in [0.2, 0.25) is 0 Å². The van der Waals surface area contributed by atoms with Crippen LogP contribution >= 0.6 is 0 Å². The Bertz CT molecular complexity index is 1540. The monoisotopic (exact) mass is 645 g/mol. The third-order valence-corrected chi connectivity index (χ3v) is 11.7. The summed E-state index contributed by atoms with van der Waals surface area (Å²) in [7, 11) is 0. The Morgan fingerprint density at radius 1 is 0.935 bits per heavy atom. The molecule has 2 N–H and O–H groups in total. The maximum absolute atomic E-state index is 15.3. The first-order valence-corrected chi connectivity index (χ1v) is 16.0. The lowest BCUT2D eigenvalue weighted by molar-refractivity contribution is -0.362. The number of ether oxygens (including phenoxy) is 2. The minimum absolute atomic E-state index is 0.0290. The fourth-order valence-corrected chi connectivity index (χ4v) is 9.31. The van der Waals surface area contributed by atoms with Gasteiger partial charge in [0.15, 0.2) is 5.79 Å². The number of halogens is 5. The Hall–Kier alpha value is -2.76. The lowest BCUT2D eigenvalue weighted by atomic mass is 9.49. The van der Waals surface area contributed by atoms with Gasteiger partial charge in [0.25, 0.3) is 0 Å². The van der Waals surface area contributed by atoms with Crippen LogP contribution in [0.1, 0.15) is 89.2 Å². The molecule has 0 unspecified atom stereocenters. The molecule has 0 aromatic heterocycles. The fraction of sp³-hybridized carbons (Fsp3) is 0.639. The van der Waals surface area contributed by atoms with E-state index in [2.05, 4.69) is 11.8 Å². The Labute approximate surface area is 266 Å². The Balaban J connectivity index is 1.44. The lowest BCUT2D eigenvalue weighted by Gasteiger charge is -2.59. The molecule has 4 fully saturated rings. The summed E-state index contributed by atoms with van der Waals surface area (Å²) in [6.07, 6.45) is -2.18. The number of benzene rings is 1. The highest BCUT2D eigenvalue weighted by atomic mass is 19.4. The number of fused-ring (bicyclic) bond motifs is 4. The van der Waals surface area contributed by atoms with Gasteiger partial charge in [-0.05, 0) is 79.7 Å². The number of nitriles is 1. The lowest BCUT2D eigenvalue weighted by Crippen LogP contribution is -2.65. The second-order valence-corrected chi connectivity index (χ2v) is 15.0. The highest BCUT2D eigenvalue weighted by Gasteiger charge is 2.79. The Kier molecular flexibility index (Phi) is 7.84. The first-order valence-electron chi connectivity index (χ1n) is 16.0. The van der Waals surface area contributed by atoms with Crippen molar-refractivity contribution in [2.75, 3.05) is 13.2 Å². The van der Waals surface area contributed by atoms with E-state index in [1.165, 1.54) is 19.1 Å². The van der Waals surface area contributed by atoms with Gasteiger partial charge >= 0.3 is 12.1 Å². The molecule has 10 heteroatoms.